The second-order valence-corrected chi connectivity index (χ2v) is 7.97. The molecule has 2 heterocycles. The summed E-state index contributed by atoms with van der Waals surface area (Å²) < 4.78 is 13.0. The number of rotatable bonds is 6. The van der Waals surface area contributed by atoms with E-state index in [1.807, 2.05) is 39.3 Å². The van der Waals surface area contributed by atoms with E-state index in [-0.39, 0.29) is 18.2 Å². The molecule has 29 heavy (non-hydrogen) atoms. The van der Waals surface area contributed by atoms with Crippen molar-refractivity contribution < 1.29 is 14.3 Å². The quantitative estimate of drug-likeness (QED) is 0.411. The van der Waals surface area contributed by atoms with Crippen LogP contribution in [-0.2, 0) is 23.1 Å². The molecule has 1 fully saturated rings. The van der Waals surface area contributed by atoms with Crippen LogP contribution in [-0.4, -0.2) is 76.2 Å². The van der Waals surface area contributed by atoms with E-state index in [2.05, 4.69) is 32.4 Å². The maximum absolute atomic E-state index is 12.4. The lowest BCUT2D eigenvalue weighted by Crippen LogP contribution is -2.49. The Kier molecular flexibility index (Phi) is 7.60. The fraction of sp³-hybridized carbons (Fsp3) is 0.684. The van der Waals surface area contributed by atoms with Gasteiger partial charge in [-0.1, -0.05) is 6.08 Å². The molecule has 2 N–H and O–H groups in total. The summed E-state index contributed by atoms with van der Waals surface area (Å²) in [5, 5.41) is 14.7. The molecule has 1 aromatic heterocycles. The molecule has 1 unspecified atom stereocenters. The Labute approximate surface area is 172 Å². The first-order valence-corrected chi connectivity index (χ1v) is 9.66. The predicted octanol–water partition coefficient (Wildman–Crippen LogP) is 0.979. The van der Waals surface area contributed by atoms with Crippen molar-refractivity contribution in [2.24, 2.45) is 12.0 Å². The summed E-state index contributed by atoms with van der Waals surface area (Å²) in [5.74, 6) is 2.17. The molecule has 0 aliphatic carbocycles. The number of nitrogens with zero attached hydrogens (tertiary/aromatic N) is 5. The number of aryl methyl sites for hydroxylation is 1. The maximum Gasteiger partial charge on any atom is 0.410 e. The van der Waals surface area contributed by atoms with Crippen LogP contribution in [0, 0.1) is 6.92 Å². The van der Waals surface area contributed by atoms with Crippen LogP contribution in [0.15, 0.2) is 17.6 Å². The van der Waals surface area contributed by atoms with E-state index in [1.54, 1.807) is 18.1 Å². The highest BCUT2D eigenvalue weighted by Crippen LogP contribution is 2.17. The summed E-state index contributed by atoms with van der Waals surface area (Å²) in [6, 6.07) is -0.134. The Morgan fingerprint density at radius 2 is 2.10 bits per heavy atom. The van der Waals surface area contributed by atoms with Crippen LogP contribution in [0.1, 0.15) is 32.4 Å². The highest BCUT2D eigenvalue weighted by Gasteiger charge is 2.37. The maximum atomic E-state index is 12.4. The van der Waals surface area contributed by atoms with Gasteiger partial charge in [0, 0.05) is 27.2 Å². The molecule has 1 aliphatic rings. The molecular weight excluding hydrogens is 374 g/mol. The minimum Gasteiger partial charge on any atom is -0.444 e. The van der Waals surface area contributed by atoms with Crippen molar-refractivity contribution in [1.29, 1.82) is 0 Å². The van der Waals surface area contributed by atoms with Gasteiger partial charge in [0.1, 0.15) is 18.0 Å². The zero-order chi connectivity index (χ0) is 21.6. The van der Waals surface area contributed by atoms with Crippen LogP contribution < -0.4 is 10.6 Å². The van der Waals surface area contributed by atoms with Gasteiger partial charge in [-0.15, -0.1) is 16.8 Å². The van der Waals surface area contributed by atoms with Gasteiger partial charge in [-0.05, 0) is 27.7 Å². The van der Waals surface area contributed by atoms with E-state index in [4.69, 9.17) is 9.47 Å². The number of guanidine groups is 1. The minimum absolute atomic E-state index is 0.134. The molecule has 1 aliphatic heterocycles. The molecule has 0 radical (unpaired) electrons. The molecule has 1 amide bonds. The SMILES string of the molecule is C=CCNC(=NCc1nnc(C)n1C)NC1CN(C(=O)OC(C)(C)C)C[C@@H]1OC. The van der Waals surface area contributed by atoms with Crippen molar-refractivity contribution in [3.8, 4) is 0 Å². The van der Waals surface area contributed by atoms with E-state index < -0.39 is 5.60 Å². The van der Waals surface area contributed by atoms with Gasteiger partial charge < -0.3 is 29.6 Å². The predicted molar refractivity (Wildman–Crippen MR) is 111 cm³/mol. The molecule has 2 atom stereocenters. The average molecular weight is 408 g/mol. The van der Waals surface area contributed by atoms with Crippen molar-refractivity contribution in [3.05, 3.63) is 24.3 Å². The lowest BCUT2D eigenvalue weighted by molar-refractivity contribution is 0.0252. The number of aliphatic imine (C=N–C) groups is 1. The van der Waals surface area contributed by atoms with Gasteiger partial charge in [0.05, 0.1) is 18.7 Å². The third kappa shape index (κ3) is 6.45. The van der Waals surface area contributed by atoms with E-state index in [0.717, 1.165) is 11.6 Å². The first kappa shape index (κ1) is 22.7. The van der Waals surface area contributed by atoms with Gasteiger partial charge in [-0.25, -0.2) is 9.79 Å². The lowest BCUT2D eigenvalue weighted by Gasteiger charge is -2.24. The normalized spacial score (nSPS) is 19.9. The number of carbonyl (C=O) groups is 1. The van der Waals surface area contributed by atoms with Gasteiger partial charge in [-0.3, -0.25) is 0 Å². The van der Waals surface area contributed by atoms with Crippen molar-refractivity contribution in [3.63, 3.8) is 0 Å². The zero-order valence-electron chi connectivity index (χ0n) is 18.2. The number of likely N-dealkylation sites (tertiary alicyclic amines) is 1. The van der Waals surface area contributed by atoms with Gasteiger partial charge in [0.2, 0.25) is 0 Å². The fourth-order valence-electron chi connectivity index (χ4n) is 2.86. The summed E-state index contributed by atoms with van der Waals surface area (Å²) in [7, 11) is 3.54. The van der Waals surface area contributed by atoms with Crippen molar-refractivity contribution in [2.75, 3.05) is 26.7 Å². The molecule has 2 rings (SSSR count). The van der Waals surface area contributed by atoms with Crippen LogP contribution in [0.4, 0.5) is 4.79 Å². The zero-order valence-corrected chi connectivity index (χ0v) is 18.2. The molecule has 162 valence electrons. The molecule has 0 aromatic carbocycles. The van der Waals surface area contributed by atoms with Crippen LogP contribution in [0.3, 0.4) is 0 Å². The van der Waals surface area contributed by atoms with E-state index in [1.165, 1.54) is 0 Å². The second-order valence-electron chi connectivity index (χ2n) is 7.97. The number of ether oxygens (including phenoxy) is 2. The summed E-state index contributed by atoms with van der Waals surface area (Å²) in [5.41, 5.74) is -0.544. The number of amides is 1. The molecule has 10 nitrogen and oxygen atoms in total. The van der Waals surface area contributed by atoms with Crippen LogP contribution in [0.5, 0.6) is 0 Å². The number of aromatic nitrogens is 3. The second kappa shape index (κ2) is 9.73. The highest BCUT2D eigenvalue weighted by molar-refractivity contribution is 5.80. The van der Waals surface area contributed by atoms with Gasteiger partial charge in [0.15, 0.2) is 11.8 Å². The number of methoxy groups -OCH3 is 1. The molecule has 10 heteroatoms. The molecule has 0 spiro atoms. The van der Waals surface area contributed by atoms with Gasteiger partial charge in [0.25, 0.3) is 0 Å². The Morgan fingerprint density at radius 1 is 1.38 bits per heavy atom. The molecule has 0 saturated carbocycles. The van der Waals surface area contributed by atoms with E-state index >= 15 is 0 Å². The number of nitrogens with one attached hydrogen (secondary N) is 2. The largest absolute Gasteiger partial charge is 0.444 e. The molecule has 1 saturated heterocycles. The third-order valence-electron chi connectivity index (χ3n) is 4.52. The fourth-order valence-corrected chi connectivity index (χ4v) is 2.86. The van der Waals surface area contributed by atoms with Gasteiger partial charge >= 0.3 is 6.09 Å². The molecular formula is C19H33N7O3. The summed E-state index contributed by atoms with van der Waals surface area (Å²) >= 11 is 0. The first-order chi connectivity index (χ1) is 13.6. The topological polar surface area (TPSA) is 106 Å². The highest BCUT2D eigenvalue weighted by atomic mass is 16.6. The summed E-state index contributed by atoms with van der Waals surface area (Å²) in [4.78, 5) is 18.7. The third-order valence-corrected chi connectivity index (χ3v) is 4.52. The Morgan fingerprint density at radius 3 is 2.66 bits per heavy atom. The summed E-state index contributed by atoms with van der Waals surface area (Å²) in [6.45, 7) is 13.0. The van der Waals surface area contributed by atoms with Crippen molar-refractivity contribution >= 4 is 12.1 Å². The van der Waals surface area contributed by atoms with Crippen LogP contribution in [0.2, 0.25) is 0 Å². The van der Waals surface area contributed by atoms with Crippen molar-refractivity contribution in [2.45, 2.75) is 52.0 Å². The van der Waals surface area contributed by atoms with Crippen LogP contribution >= 0.6 is 0 Å². The van der Waals surface area contributed by atoms with E-state index in [0.29, 0.717) is 32.1 Å². The van der Waals surface area contributed by atoms with Gasteiger partial charge in [-0.2, -0.15) is 0 Å². The number of hydrogen-bond acceptors (Lipinski definition) is 6. The molecule has 1 aromatic rings. The summed E-state index contributed by atoms with van der Waals surface area (Å²) in [6.07, 6.45) is 1.21. The minimum atomic E-state index is -0.544. The standard InChI is InChI=1S/C19H33N7O3/c1-8-9-20-17(21-10-16-24-23-13(2)25(16)6)22-14-11-26(12-15(14)28-7)18(27)29-19(3,4)5/h8,14-15H,1,9-12H2,2-7H3,(H2,20,21,22)/t14?,15-/m0/s1. The average Bonchev–Trinajstić information content (AvgIpc) is 3.20. The van der Waals surface area contributed by atoms with Crippen LogP contribution in [0.25, 0.3) is 0 Å². The first-order valence-electron chi connectivity index (χ1n) is 9.66. The monoisotopic (exact) mass is 407 g/mol. The number of hydrogen-bond donors (Lipinski definition) is 2. The Hall–Kier alpha value is -2.62. The van der Waals surface area contributed by atoms with E-state index in [9.17, 15) is 4.79 Å². The Balaban J connectivity index is 2.08. The lowest BCUT2D eigenvalue weighted by atomic mass is 10.2. The smallest absolute Gasteiger partial charge is 0.410 e. The van der Waals surface area contributed by atoms with Crippen molar-refractivity contribution in [1.82, 2.24) is 30.3 Å². The number of carbonyl (C=O) groups excluding carboxylic acids is 1. The Bertz CT molecular complexity index is 739. The molecule has 0 bridgehead atoms.